The molecular weight excluding hydrogens is 248 g/mol. The first kappa shape index (κ1) is 13.7. The van der Waals surface area contributed by atoms with Gasteiger partial charge in [-0.3, -0.25) is 0 Å². The maximum Gasteiger partial charge on any atom is 0.0494 e. The molecule has 0 fully saturated rings. The Morgan fingerprint density at radius 2 is 2.15 bits per heavy atom. The molecule has 0 aliphatic heterocycles. The molecule has 0 bridgehead atoms. The van der Waals surface area contributed by atoms with Crippen molar-refractivity contribution in [2.24, 2.45) is 5.41 Å². The highest BCUT2D eigenvalue weighted by Crippen LogP contribution is 2.34. The van der Waals surface area contributed by atoms with Gasteiger partial charge < -0.3 is 15.4 Å². The molecule has 1 aliphatic rings. The van der Waals surface area contributed by atoms with Crippen molar-refractivity contribution >= 4 is 10.9 Å². The summed E-state index contributed by atoms with van der Waals surface area (Å²) in [5, 5.41) is 14.4. The molecule has 3 heteroatoms. The summed E-state index contributed by atoms with van der Waals surface area (Å²) in [5.41, 5.74) is 4.01. The number of benzene rings is 1. The average molecular weight is 272 g/mol. The van der Waals surface area contributed by atoms with E-state index in [1.54, 1.807) is 0 Å². The van der Waals surface area contributed by atoms with Gasteiger partial charge in [-0.2, -0.15) is 0 Å². The van der Waals surface area contributed by atoms with Crippen LogP contribution in [-0.4, -0.2) is 23.2 Å². The molecule has 0 spiro atoms. The summed E-state index contributed by atoms with van der Waals surface area (Å²) in [6, 6.07) is 8.95. The summed E-state index contributed by atoms with van der Waals surface area (Å²) in [7, 11) is 0. The Balaban J connectivity index is 1.86. The molecule has 1 aromatic carbocycles. The Hall–Kier alpha value is -1.32. The average Bonchev–Trinajstić information content (AvgIpc) is 2.84. The third kappa shape index (κ3) is 2.48. The minimum absolute atomic E-state index is 0.0658. The lowest BCUT2D eigenvalue weighted by molar-refractivity contribution is 0.151. The fourth-order valence-electron chi connectivity index (χ4n) is 3.07. The highest BCUT2D eigenvalue weighted by Gasteiger charge is 2.26. The van der Waals surface area contributed by atoms with Crippen molar-refractivity contribution in [2.75, 3.05) is 13.2 Å². The van der Waals surface area contributed by atoms with Crippen molar-refractivity contribution in [3.63, 3.8) is 0 Å². The Kier molecular flexibility index (Phi) is 3.57. The number of aliphatic hydroxyl groups is 1. The molecule has 0 saturated carbocycles. The van der Waals surface area contributed by atoms with Gasteiger partial charge >= 0.3 is 0 Å². The number of aromatic amines is 1. The van der Waals surface area contributed by atoms with Gasteiger partial charge in [-0.25, -0.2) is 0 Å². The zero-order chi connectivity index (χ0) is 14.2. The van der Waals surface area contributed by atoms with Crippen molar-refractivity contribution in [3.05, 3.63) is 35.5 Å². The molecule has 3 N–H and O–H groups in total. The van der Waals surface area contributed by atoms with E-state index in [4.69, 9.17) is 0 Å². The molecular formula is C17H24N2O. The molecule has 1 unspecified atom stereocenters. The number of para-hydroxylation sites is 1. The van der Waals surface area contributed by atoms with Gasteiger partial charge in [0.15, 0.2) is 0 Å². The number of rotatable bonds is 4. The molecule has 0 saturated heterocycles. The molecule has 0 amide bonds. The molecule has 3 rings (SSSR count). The van der Waals surface area contributed by atoms with Crippen LogP contribution in [0.2, 0.25) is 0 Å². The van der Waals surface area contributed by atoms with E-state index >= 15 is 0 Å². The second-order valence-electron chi connectivity index (χ2n) is 6.71. The van der Waals surface area contributed by atoms with E-state index in [0.717, 1.165) is 6.54 Å². The summed E-state index contributed by atoms with van der Waals surface area (Å²) < 4.78 is 0. The zero-order valence-corrected chi connectivity index (χ0v) is 12.4. The van der Waals surface area contributed by atoms with Gasteiger partial charge in [-0.15, -0.1) is 0 Å². The van der Waals surface area contributed by atoms with Gasteiger partial charge in [0.05, 0.1) is 0 Å². The Bertz CT molecular complexity index is 600. The van der Waals surface area contributed by atoms with Crippen molar-refractivity contribution in [1.29, 1.82) is 0 Å². The highest BCUT2D eigenvalue weighted by atomic mass is 16.3. The molecule has 1 aromatic heterocycles. The number of fused-ring (bicyclic) bond motifs is 3. The zero-order valence-electron chi connectivity index (χ0n) is 12.4. The van der Waals surface area contributed by atoms with Gasteiger partial charge in [0.25, 0.3) is 0 Å². The molecule has 108 valence electrons. The van der Waals surface area contributed by atoms with E-state index in [-0.39, 0.29) is 12.0 Å². The van der Waals surface area contributed by atoms with Crippen LogP contribution >= 0.6 is 0 Å². The third-order valence-electron chi connectivity index (χ3n) is 4.37. The van der Waals surface area contributed by atoms with Crippen LogP contribution in [-0.2, 0) is 6.42 Å². The van der Waals surface area contributed by atoms with Crippen molar-refractivity contribution in [1.82, 2.24) is 10.3 Å². The van der Waals surface area contributed by atoms with E-state index < -0.39 is 0 Å². The Morgan fingerprint density at radius 3 is 2.95 bits per heavy atom. The van der Waals surface area contributed by atoms with Crippen LogP contribution in [0.1, 0.15) is 44.0 Å². The van der Waals surface area contributed by atoms with Crippen LogP contribution < -0.4 is 5.32 Å². The van der Waals surface area contributed by atoms with Crippen LogP contribution in [0.5, 0.6) is 0 Å². The summed E-state index contributed by atoms with van der Waals surface area (Å²) in [4.78, 5) is 3.60. The number of aryl methyl sites for hydroxylation is 1. The lowest BCUT2D eigenvalue weighted by Gasteiger charge is -2.29. The molecule has 1 aliphatic carbocycles. The fraction of sp³-hybridized carbons (Fsp3) is 0.529. The third-order valence-corrected chi connectivity index (χ3v) is 4.37. The number of aromatic nitrogens is 1. The lowest BCUT2D eigenvalue weighted by atomic mass is 9.89. The van der Waals surface area contributed by atoms with Gasteiger partial charge in [-0.1, -0.05) is 32.0 Å². The molecule has 3 nitrogen and oxygen atoms in total. The second-order valence-corrected chi connectivity index (χ2v) is 6.71. The van der Waals surface area contributed by atoms with Crippen LogP contribution in [0, 0.1) is 5.41 Å². The van der Waals surface area contributed by atoms with E-state index in [0.29, 0.717) is 6.04 Å². The number of nitrogens with one attached hydrogen (secondary N) is 2. The van der Waals surface area contributed by atoms with E-state index in [2.05, 4.69) is 48.4 Å². The molecule has 20 heavy (non-hydrogen) atoms. The minimum atomic E-state index is -0.0658. The second kappa shape index (κ2) is 5.23. The van der Waals surface area contributed by atoms with Gasteiger partial charge in [0.2, 0.25) is 0 Å². The van der Waals surface area contributed by atoms with Gasteiger partial charge in [0, 0.05) is 41.2 Å². The smallest absolute Gasteiger partial charge is 0.0494 e. The predicted octanol–water partition coefficient (Wildman–Crippen LogP) is 3.15. The minimum Gasteiger partial charge on any atom is -0.396 e. The predicted molar refractivity (Wildman–Crippen MR) is 82.8 cm³/mol. The Labute approximate surface area is 120 Å². The largest absolute Gasteiger partial charge is 0.396 e. The van der Waals surface area contributed by atoms with Crippen molar-refractivity contribution in [2.45, 2.75) is 39.2 Å². The summed E-state index contributed by atoms with van der Waals surface area (Å²) in [6.07, 6.45) is 3.56. The number of hydrogen-bond donors (Lipinski definition) is 3. The quantitative estimate of drug-likeness (QED) is 0.800. The molecule has 2 aromatic rings. The molecule has 1 heterocycles. The summed E-state index contributed by atoms with van der Waals surface area (Å²) in [6.45, 7) is 5.24. The maximum atomic E-state index is 9.39. The topological polar surface area (TPSA) is 48.0 Å². The normalized spacial score (nSPS) is 19.2. The summed E-state index contributed by atoms with van der Waals surface area (Å²) in [5.74, 6) is 0. The van der Waals surface area contributed by atoms with Crippen LogP contribution in [0.15, 0.2) is 24.3 Å². The monoisotopic (exact) mass is 272 g/mol. The first-order chi connectivity index (χ1) is 9.61. The van der Waals surface area contributed by atoms with Crippen LogP contribution in [0.4, 0.5) is 0 Å². The van der Waals surface area contributed by atoms with Crippen molar-refractivity contribution in [3.8, 4) is 0 Å². The van der Waals surface area contributed by atoms with Crippen LogP contribution in [0.25, 0.3) is 10.9 Å². The molecule has 1 atom stereocenters. The SMILES string of the molecule is CC(C)(CO)CNC1CCCc2c1[nH]c1ccccc21. The number of hydrogen-bond acceptors (Lipinski definition) is 2. The number of aliphatic hydroxyl groups excluding tert-OH is 1. The number of H-pyrrole nitrogens is 1. The Morgan fingerprint density at radius 1 is 1.35 bits per heavy atom. The first-order valence-electron chi connectivity index (χ1n) is 7.54. The van der Waals surface area contributed by atoms with E-state index in [1.165, 1.54) is 41.4 Å². The van der Waals surface area contributed by atoms with E-state index in [9.17, 15) is 5.11 Å². The molecule has 0 radical (unpaired) electrons. The van der Waals surface area contributed by atoms with Gasteiger partial charge in [-0.05, 0) is 30.9 Å². The first-order valence-corrected chi connectivity index (χ1v) is 7.54. The van der Waals surface area contributed by atoms with Gasteiger partial charge in [0.1, 0.15) is 0 Å². The standard InChI is InChI=1S/C17H24N2O/c1-17(2,11-20)10-18-15-9-5-7-13-12-6-3-4-8-14(12)19-16(13)15/h3-4,6,8,15,18-20H,5,7,9-11H2,1-2H3. The highest BCUT2D eigenvalue weighted by molar-refractivity contribution is 5.85. The lowest BCUT2D eigenvalue weighted by Crippen LogP contribution is -2.36. The van der Waals surface area contributed by atoms with Crippen LogP contribution in [0.3, 0.4) is 0 Å². The maximum absolute atomic E-state index is 9.39. The van der Waals surface area contributed by atoms with Crippen molar-refractivity contribution < 1.29 is 5.11 Å². The van der Waals surface area contributed by atoms with E-state index in [1.807, 2.05) is 0 Å². The fourth-order valence-corrected chi connectivity index (χ4v) is 3.07. The summed E-state index contributed by atoms with van der Waals surface area (Å²) >= 11 is 0.